The summed E-state index contributed by atoms with van der Waals surface area (Å²) in [6, 6.07) is 15.6. The van der Waals surface area contributed by atoms with Gasteiger partial charge in [-0.3, -0.25) is 10.3 Å². The summed E-state index contributed by atoms with van der Waals surface area (Å²) in [5.74, 6) is 0.509. The van der Waals surface area contributed by atoms with Crippen LogP contribution in [-0.4, -0.2) is 22.5 Å². The Hall–Kier alpha value is -2.47. The largest absolute Gasteiger partial charge is 0.338 e. The molecule has 0 saturated carbocycles. The first-order chi connectivity index (χ1) is 12.2. The molecule has 2 aromatic heterocycles. The predicted molar refractivity (Wildman–Crippen MR) is 104 cm³/mol. The van der Waals surface area contributed by atoms with E-state index in [0.29, 0.717) is 12.4 Å². The van der Waals surface area contributed by atoms with Crippen molar-refractivity contribution in [3.63, 3.8) is 0 Å². The van der Waals surface area contributed by atoms with E-state index < -0.39 is 0 Å². The summed E-state index contributed by atoms with van der Waals surface area (Å²) in [4.78, 5) is 20.6. The number of amides is 2. The number of nitrogens with one attached hydrogen (secondary N) is 2. The number of benzene rings is 1. The Labute approximate surface area is 155 Å². The van der Waals surface area contributed by atoms with Gasteiger partial charge in [0.2, 0.25) is 0 Å². The zero-order chi connectivity index (χ0) is 17.5. The lowest BCUT2D eigenvalue weighted by atomic mass is 10.1. The molecule has 0 aliphatic carbocycles. The molecule has 2 amide bonds. The lowest BCUT2D eigenvalue weighted by Crippen LogP contribution is -2.29. The van der Waals surface area contributed by atoms with Crippen molar-refractivity contribution in [1.82, 2.24) is 15.3 Å². The standard InChI is InChI=1S/C19H19BrN4O/c20-15-12-17-16(22-13-15)9-10-18(23-17)24-19(25)21-11-5-4-8-14-6-2-1-3-7-14/h1-3,6-7,9-10,12-13H,4-5,8,11H2,(H2,21,23,24,25). The maximum Gasteiger partial charge on any atom is 0.320 e. The fourth-order valence-corrected chi connectivity index (χ4v) is 2.83. The van der Waals surface area contributed by atoms with Gasteiger partial charge in [-0.25, -0.2) is 9.78 Å². The van der Waals surface area contributed by atoms with Crippen molar-refractivity contribution in [3.8, 4) is 0 Å². The summed E-state index contributed by atoms with van der Waals surface area (Å²) in [6.45, 7) is 0.638. The Morgan fingerprint density at radius 2 is 1.88 bits per heavy atom. The van der Waals surface area contributed by atoms with Crippen molar-refractivity contribution in [2.24, 2.45) is 0 Å². The molecular weight excluding hydrogens is 380 g/mol. The van der Waals surface area contributed by atoms with Crippen LogP contribution in [0, 0.1) is 0 Å². The monoisotopic (exact) mass is 398 g/mol. The maximum absolute atomic E-state index is 12.0. The third-order valence-corrected chi connectivity index (χ3v) is 4.20. The smallest absolute Gasteiger partial charge is 0.320 e. The van der Waals surface area contributed by atoms with Gasteiger partial charge in [-0.15, -0.1) is 0 Å². The quantitative estimate of drug-likeness (QED) is 0.599. The van der Waals surface area contributed by atoms with Crippen molar-refractivity contribution < 1.29 is 4.79 Å². The molecule has 2 heterocycles. The van der Waals surface area contributed by atoms with Crippen molar-refractivity contribution in [1.29, 1.82) is 0 Å². The highest BCUT2D eigenvalue weighted by Crippen LogP contribution is 2.17. The maximum atomic E-state index is 12.0. The van der Waals surface area contributed by atoms with Gasteiger partial charge in [0.15, 0.2) is 0 Å². The minimum Gasteiger partial charge on any atom is -0.338 e. The number of pyridine rings is 2. The zero-order valence-electron chi connectivity index (χ0n) is 13.7. The van der Waals surface area contributed by atoms with Crippen LogP contribution in [0.5, 0.6) is 0 Å². The number of unbranched alkanes of at least 4 members (excludes halogenated alkanes) is 1. The van der Waals surface area contributed by atoms with Crippen LogP contribution in [0.3, 0.4) is 0 Å². The average Bonchev–Trinajstić information content (AvgIpc) is 2.62. The second kappa shape index (κ2) is 8.58. The number of rotatable bonds is 6. The third kappa shape index (κ3) is 5.26. The van der Waals surface area contributed by atoms with E-state index in [2.05, 4.69) is 48.7 Å². The van der Waals surface area contributed by atoms with Crippen LogP contribution in [0.1, 0.15) is 18.4 Å². The van der Waals surface area contributed by atoms with E-state index in [4.69, 9.17) is 0 Å². The van der Waals surface area contributed by atoms with Crippen molar-refractivity contribution in [3.05, 3.63) is 64.8 Å². The van der Waals surface area contributed by atoms with Crippen LogP contribution in [0.25, 0.3) is 11.0 Å². The normalized spacial score (nSPS) is 10.6. The number of fused-ring (bicyclic) bond motifs is 1. The Balaban J connectivity index is 1.43. The summed E-state index contributed by atoms with van der Waals surface area (Å²) < 4.78 is 0.854. The topological polar surface area (TPSA) is 66.9 Å². The molecule has 3 rings (SSSR count). The lowest BCUT2D eigenvalue weighted by Gasteiger charge is -2.08. The molecule has 0 radical (unpaired) electrons. The molecule has 0 spiro atoms. The molecule has 1 aromatic carbocycles. The summed E-state index contributed by atoms with van der Waals surface area (Å²) in [5.41, 5.74) is 2.84. The van der Waals surface area contributed by atoms with Gasteiger partial charge in [-0.1, -0.05) is 30.3 Å². The number of nitrogens with zero attached hydrogens (tertiary/aromatic N) is 2. The molecule has 0 unspecified atom stereocenters. The van der Waals surface area contributed by atoms with Gasteiger partial charge in [0.05, 0.1) is 11.0 Å². The van der Waals surface area contributed by atoms with E-state index in [1.807, 2.05) is 30.3 Å². The number of aromatic nitrogens is 2. The lowest BCUT2D eigenvalue weighted by molar-refractivity contribution is 0.252. The second-order valence-electron chi connectivity index (χ2n) is 5.71. The molecule has 2 N–H and O–H groups in total. The molecule has 0 fully saturated rings. The molecule has 0 atom stereocenters. The summed E-state index contributed by atoms with van der Waals surface area (Å²) in [7, 11) is 0. The molecular formula is C19H19BrN4O. The average molecular weight is 399 g/mol. The van der Waals surface area contributed by atoms with Gasteiger partial charge in [0.25, 0.3) is 0 Å². The van der Waals surface area contributed by atoms with Gasteiger partial charge in [0.1, 0.15) is 5.82 Å². The van der Waals surface area contributed by atoms with E-state index in [1.54, 1.807) is 12.3 Å². The Bertz CT molecular complexity index is 854. The highest BCUT2D eigenvalue weighted by Gasteiger charge is 2.04. The van der Waals surface area contributed by atoms with E-state index >= 15 is 0 Å². The highest BCUT2D eigenvalue weighted by molar-refractivity contribution is 9.10. The summed E-state index contributed by atoms with van der Waals surface area (Å²) in [6.07, 6.45) is 4.72. The van der Waals surface area contributed by atoms with Crippen LogP contribution in [0.15, 0.2) is 59.2 Å². The number of anilines is 1. The minimum atomic E-state index is -0.241. The van der Waals surface area contributed by atoms with Gasteiger partial charge >= 0.3 is 6.03 Å². The summed E-state index contributed by atoms with van der Waals surface area (Å²) >= 11 is 3.37. The molecule has 25 heavy (non-hydrogen) atoms. The number of aryl methyl sites for hydroxylation is 1. The number of urea groups is 1. The van der Waals surface area contributed by atoms with E-state index in [1.165, 1.54) is 5.56 Å². The first-order valence-corrected chi connectivity index (χ1v) is 9.01. The molecule has 0 saturated heterocycles. The zero-order valence-corrected chi connectivity index (χ0v) is 15.3. The molecule has 0 aliphatic rings. The van der Waals surface area contributed by atoms with Crippen LogP contribution in [0.4, 0.5) is 10.6 Å². The van der Waals surface area contributed by atoms with E-state index in [9.17, 15) is 4.79 Å². The fourth-order valence-electron chi connectivity index (χ4n) is 2.51. The van der Waals surface area contributed by atoms with Gasteiger partial charge in [-0.05, 0) is 59.0 Å². The molecule has 0 bridgehead atoms. The minimum absolute atomic E-state index is 0.241. The molecule has 128 valence electrons. The van der Waals surface area contributed by atoms with Gasteiger partial charge in [0, 0.05) is 17.2 Å². The van der Waals surface area contributed by atoms with Crippen molar-refractivity contribution in [2.75, 3.05) is 11.9 Å². The fraction of sp³-hybridized carbons (Fsp3) is 0.211. The van der Waals surface area contributed by atoms with Crippen LogP contribution >= 0.6 is 15.9 Å². The molecule has 3 aromatic rings. The van der Waals surface area contributed by atoms with E-state index in [0.717, 1.165) is 34.8 Å². The molecule has 6 heteroatoms. The van der Waals surface area contributed by atoms with Crippen molar-refractivity contribution in [2.45, 2.75) is 19.3 Å². The van der Waals surface area contributed by atoms with Crippen LogP contribution < -0.4 is 10.6 Å². The molecule has 5 nitrogen and oxygen atoms in total. The number of halogens is 1. The van der Waals surface area contributed by atoms with Crippen LogP contribution in [0.2, 0.25) is 0 Å². The second-order valence-corrected chi connectivity index (χ2v) is 6.63. The highest BCUT2D eigenvalue weighted by atomic mass is 79.9. The van der Waals surface area contributed by atoms with Crippen molar-refractivity contribution >= 4 is 38.8 Å². The summed E-state index contributed by atoms with van der Waals surface area (Å²) in [5, 5.41) is 5.62. The predicted octanol–water partition coefficient (Wildman–Crippen LogP) is 4.54. The van der Waals surface area contributed by atoms with Gasteiger partial charge in [-0.2, -0.15) is 0 Å². The Morgan fingerprint density at radius 3 is 2.72 bits per heavy atom. The Kier molecular flexibility index (Phi) is 5.95. The van der Waals surface area contributed by atoms with E-state index in [-0.39, 0.29) is 6.03 Å². The number of hydrogen-bond acceptors (Lipinski definition) is 3. The molecule has 0 aliphatic heterocycles. The number of hydrogen-bond donors (Lipinski definition) is 2. The number of carbonyl (C=O) groups excluding carboxylic acids is 1. The SMILES string of the molecule is O=C(NCCCCc1ccccc1)Nc1ccc2ncc(Br)cc2n1. The third-order valence-electron chi connectivity index (χ3n) is 3.77. The first kappa shape index (κ1) is 17.4. The van der Waals surface area contributed by atoms with Crippen LogP contribution in [-0.2, 0) is 6.42 Å². The first-order valence-electron chi connectivity index (χ1n) is 8.22. The number of carbonyl (C=O) groups is 1. The Morgan fingerprint density at radius 1 is 1.04 bits per heavy atom. The van der Waals surface area contributed by atoms with Gasteiger partial charge < -0.3 is 5.32 Å².